The molecular weight excluding hydrogens is 428 g/mol. The number of aryl methyl sites for hydroxylation is 1. The molecular formula is C26H28N6O2. The maximum Gasteiger partial charge on any atom is 0.319 e. The van der Waals surface area contributed by atoms with E-state index < -0.39 is 0 Å². The number of H-pyrrole nitrogens is 1. The quantitative estimate of drug-likeness (QED) is 0.521. The van der Waals surface area contributed by atoms with Crippen molar-refractivity contribution in [1.82, 2.24) is 20.2 Å². The van der Waals surface area contributed by atoms with E-state index >= 15 is 0 Å². The number of rotatable bonds is 6. The van der Waals surface area contributed by atoms with E-state index in [9.17, 15) is 9.59 Å². The van der Waals surface area contributed by atoms with Gasteiger partial charge in [-0.25, -0.2) is 9.78 Å². The zero-order valence-corrected chi connectivity index (χ0v) is 19.2. The number of benzene rings is 2. The molecule has 34 heavy (non-hydrogen) atoms. The summed E-state index contributed by atoms with van der Waals surface area (Å²) < 4.78 is 0. The molecule has 1 aliphatic rings. The molecule has 0 bridgehead atoms. The Balaban J connectivity index is 1.32. The van der Waals surface area contributed by atoms with Gasteiger partial charge in [-0.05, 0) is 61.1 Å². The number of urea groups is 1. The molecule has 0 spiro atoms. The number of nitriles is 1. The summed E-state index contributed by atoms with van der Waals surface area (Å²) >= 11 is 0. The highest BCUT2D eigenvalue weighted by atomic mass is 16.2. The van der Waals surface area contributed by atoms with Crippen molar-refractivity contribution in [3.63, 3.8) is 0 Å². The monoisotopic (exact) mass is 456 g/mol. The summed E-state index contributed by atoms with van der Waals surface area (Å²) in [6.45, 7) is 3.72. The van der Waals surface area contributed by atoms with Gasteiger partial charge in [0.15, 0.2) is 0 Å². The zero-order valence-electron chi connectivity index (χ0n) is 19.2. The Labute approximate surface area is 199 Å². The van der Waals surface area contributed by atoms with Crippen LogP contribution in [0, 0.1) is 18.3 Å². The van der Waals surface area contributed by atoms with Gasteiger partial charge in [-0.3, -0.25) is 4.79 Å². The second-order valence-corrected chi connectivity index (χ2v) is 8.54. The molecule has 8 heteroatoms. The van der Waals surface area contributed by atoms with Gasteiger partial charge in [-0.15, -0.1) is 0 Å². The first-order chi connectivity index (χ1) is 16.5. The molecule has 2 aromatic carbocycles. The van der Waals surface area contributed by atoms with Crippen molar-refractivity contribution < 1.29 is 9.59 Å². The lowest BCUT2D eigenvalue weighted by Crippen LogP contribution is -2.38. The lowest BCUT2D eigenvalue weighted by molar-refractivity contribution is 0.0713. The van der Waals surface area contributed by atoms with Crippen LogP contribution in [0.1, 0.15) is 51.5 Å². The molecule has 0 atom stereocenters. The van der Waals surface area contributed by atoms with E-state index in [0.29, 0.717) is 48.8 Å². The molecule has 3 amide bonds. The van der Waals surface area contributed by atoms with Crippen LogP contribution in [-0.4, -0.2) is 46.4 Å². The smallest absolute Gasteiger partial charge is 0.319 e. The Morgan fingerprint density at radius 1 is 1.18 bits per heavy atom. The SMILES string of the molecule is Cc1ccc(C(=O)N2CCC(c3ccc(C#N)cc3)CC2)cc1NC(=O)NCCc1cnc[nH]1. The van der Waals surface area contributed by atoms with Gasteiger partial charge in [-0.2, -0.15) is 5.26 Å². The van der Waals surface area contributed by atoms with Gasteiger partial charge in [0.1, 0.15) is 0 Å². The third-order valence-corrected chi connectivity index (χ3v) is 6.26. The van der Waals surface area contributed by atoms with Crippen LogP contribution >= 0.6 is 0 Å². The Hall–Kier alpha value is -4.12. The average Bonchev–Trinajstić information content (AvgIpc) is 3.39. The third kappa shape index (κ3) is 5.62. The number of hydrogen-bond acceptors (Lipinski definition) is 4. The van der Waals surface area contributed by atoms with Crippen LogP contribution in [0.3, 0.4) is 0 Å². The van der Waals surface area contributed by atoms with Crippen molar-refractivity contribution in [2.45, 2.75) is 32.1 Å². The molecule has 3 aromatic rings. The minimum absolute atomic E-state index is 0.0269. The zero-order chi connectivity index (χ0) is 23.9. The van der Waals surface area contributed by atoms with Crippen LogP contribution in [0.25, 0.3) is 0 Å². The molecule has 3 N–H and O–H groups in total. The number of carbonyl (C=O) groups excluding carboxylic acids is 2. The summed E-state index contributed by atoms with van der Waals surface area (Å²) in [4.78, 5) is 34.3. The highest BCUT2D eigenvalue weighted by Crippen LogP contribution is 2.29. The molecule has 0 radical (unpaired) electrons. The van der Waals surface area contributed by atoms with Crippen molar-refractivity contribution in [2.75, 3.05) is 25.0 Å². The number of likely N-dealkylation sites (tertiary alicyclic amines) is 1. The average molecular weight is 457 g/mol. The molecule has 1 fully saturated rings. The summed E-state index contributed by atoms with van der Waals surface area (Å²) in [7, 11) is 0. The fraction of sp³-hybridized carbons (Fsp3) is 0.308. The van der Waals surface area contributed by atoms with E-state index in [1.165, 1.54) is 5.56 Å². The van der Waals surface area contributed by atoms with Gasteiger partial charge in [0.05, 0.1) is 18.0 Å². The topological polar surface area (TPSA) is 114 Å². The molecule has 0 unspecified atom stereocenters. The Kier molecular flexibility index (Phi) is 7.23. The van der Waals surface area contributed by atoms with E-state index in [4.69, 9.17) is 5.26 Å². The lowest BCUT2D eigenvalue weighted by Gasteiger charge is -2.32. The van der Waals surface area contributed by atoms with E-state index in [0.717, 1.165) is 24.1 Å². The second-order valence-electron chi connectivity index (χ2n) is 8.54. The van der Waals surface area contributed by atoms with Crippen LogP contribution in [0.2, 0.25) is 0 Å². The number of amides is 3. The number of nitrogens with zero attached hydrogens (tertiary/aromatic N) is 3. The molecule has 0 saturated carbocycles. The maximum absolute atomic E-state index is 13.1. The number of aromatic nitrogens is 2. The van der Waals surface area contributed by atoms with Gasteiger partial charge in [0.2, 0.25) is 0 Å². The van der Waals surface area contributed by atoms with Crippen molar-refractivity contribution in [1.29, 1.82) is 5.26 Å². The summed E-state index contributed by atoms with van der Waals surface area (Å²) in [5.74, 6) is 0.360. The van der Waals surface area contributed by atoms with Crippen LogP contribution in [0.4, 0.5) is 10.5 Å². The highest BCUT2D eigenvalue weighted by Gasteiger charge is 2.25. The second kappa shape index (κ2) is 10.7. The number of hydrogen-bond donors (Lipinski definition) is 3. The predicted molar refractivity (Wildman–Crippen MR) is 130 cm³/mol. The first-order valence-electron chi connectivity index (χ1n) is 11.5. The van der Waals surface area contributed by atoms with Crippen molar-refractivity contribution in [2.24, 2.45) is 0 Å². The van der Waals surface area contributed by atoms with Gasteiger partial charge in [-0.1, -0.05) is 18.2 Å². The number of aromatic amines is 1. The molecule has 1 aromatic heterocycles. The van der Waals surface area contributed by atoms with E-state index in [1.54, 1.807) is 18.6 Å². The molecule has 8 nitrogen and oxygen atoms in total. The Bertz CT molecular complexity index is 1170. The van der Waals surface area contributed by atoms with Crippen LogP contribution in [0.5, 0.6) is 0 Å². The minimum atomic E-state index is -0.310. The van der Waals surface area contributed by atoms with Gasteiger partial charge in [0, 0.05) is 49.2 Å². The number of carbonyl (C=O) groups is 2. The molecule has 174 valence electrons. The minimum Gasteiger partial charge on any atom is -0.348 e. The standard InChI is InChI=1S/C26H28N6O2/c1-18-2-5-22(14-24(18)31-26(34)29-11-8-23-16-28-17-30-23)25(33)32-12-9-21(10-13-32)20-6-3-19(15-27)4-7-20/h2-7,14,16-17,21H,8-13H2,1H3,(H,28,30)(H2,29,31,34). The maximum atomic E-state index is 13.1. The fourth-order valence-electron chi connectivity index (χ4n) is 4.22. The first-order valence-corrected chi connectivity index (χ1v) is 11.5. The van der Waals surface area contributed by atoms with Gasteiger partial charge in [0.25, 0.3) is 5.91 Å². The predicted octanol–water partition coefficient (Wildman–Crippen LogP) is 3.97. The normalized spacial score (nSPS) is 13.8. The summed E-state index contributed by atoms with van der Waals surface area (Å²) in [5.41, 5.74) is 4.90. The van der Waals surface area contributed by atoms with Gasteiger partial charge >= 0.3 is 6.03 Å². The van der Waals surface area contributed by atoms with Crippen molar-refractivity contribution >= 4 is 17.6 Å². The number of piperidine rings is 1. The summed E-state index contributed by atoms with van der Waals surface area (Å²) in [6.07, 6.45) is 5.76. The van der Waals surface area contributed by atoms with E-state index in [2.05, 4.69) is 26.7 Å². The number of anilines is 1. The fourth-order valence-corrected chi connectivity index (χ4v) is 4.22. The van der Waals surface area contributed by atoms with E-state index in [-0.39, 0.29) is 11.9 Å². The largest absolute Gasteiger partial charge is 0.348 e. The van der Waals surface area contributed by atoms with Gasteiger partial charge < -0.3 is 20.5 Å². The number of imidazole rings is 1. The van der Waals surface area contributed by atoms with Crippen molar-refractivity contribution in [3.8, 4) is 6.07 Å². The summed E-state index contributed by atoms with van der Waals surface area (Å²) in [6, 6.07) is 15.0. The third-order valence-electron chi connectivity index (χ3n) is 6.26. The number of nitrogens with one attached hydrogen (secondary N) is 3. The molecule has 1 aliphatic heterocycles. The lowest BCUT2D eigenvalue weighted by atomic mass is 9.89. The van der Waals surface area contributed by atoms with Crippen molar-refractivity contribution in [3.05, 3.63) is 82.9 Å². The summed E-state index contributed by atoms with van der Waals surface area (Å²) in [5, 5.41) is 14.7. The Morgan fingerprint density at radius 2 is 1.94 bits per heavy atom. The molecule has 4 rings (SSSR count). The molecule has 0 aliphatic carbocycles. The highest BCUT2D eigenvalue weighted by molar-refractivity contribution is 5.97. The Morgan fingerprint density at radius 3 is 2.62 bits per heavy atom. The molecule has 2 heterocycles. The molecule has 1 saturated heterocycles. The van der Waals surface area contributed by atoms with Crippen LogP contribution < -0.4 is 10.6 Å². The van der Waals surface area contributed by atoms with Crippen LogP contribution in [0.15, 0.2) is 55.0 Å². The van der Waals surface area contributed by atoms with Crippen LogP contribution in [-0.2, 0) is 6.42 Å². The van der Waals surface area contributed by atoms with E-state index in [1.807, 2.05) is 48.2 Å². The first kappa shape index (κ1) is 23.1.